The van der Waals surface area contributed by atoms with Gasteiger partial charge in [0.1, 0.15) is 5.82 Å². The fraction of sp³-hybridized carbons (Fsp3) is 0.0435. The van der Waals surface area contributed by atoms with Crippen LogP contribution in [-0.4, -0.2) is 21.5 Å². The van der Waals surface area contributed by atoms with Crippen molar-refractivity contribution >= 4 is 77.9 Å². The summed E-state index contributed by atoms with van der Waals surface area (Å²) < 4.78 is 0. The highest BCUT2D eigenvalue weighted by Crippen LogP contribution is 2.52. The molecule has 6 heteroatoms. The highest BCUT2D eigenvalue weighted by Gasteiger charge is 2.40. The van der Waals surface area contributed by atoms with Gasteiger partial charge in [-0.1, -0.05) is 109 Å². The van der Waals surface area contributed by atoms with Crippen molar-refractivity contribution in [1.29, 1.82) is 0 Å². The number of aryl methyl sites for hydroxylation is 2. The summed E-state index contributed by atoms with van der Waals surface area (Å²) >= 11 is 0. The van der Waals surface area contributed by atoms with Crippen LogP contribution >= 0.6 is 0 Å². The number of anilines is 4. The smallest absolute Gasteiger partial charge is 0.197 e. The van der Waals surface area contributed by atoms with E-state index in [0.717, 1.165) is 65.9 Å². The lowest BCUT2D eigenvalue weighted by Gasteiger charge is -2.28. The summed E-state index contributed by atoms with van der Waals surface area (Å²) in [6.45, 7) is 4.20. The van der Waals surface area contributed by atoms with Gasteiger partial charge in [-0.3, -0.25) is 19.4 Å². The molecule has 0 unspecified atom stereocenters. The largest absolute Gasteiger partial charge is 0.288 e. The number of fused-ring (bicyclic) bond motifs is 6. The van der Waals surface area contributed by atoms with E-state index >= 15 is 0 Å². The van der Waals surface area contributed by atoms with E-state index in [2.05, 4.69) is 72.2 Å². The Bertz CT molecular complexity index is 2750. The van der Waals surface area contributed by atoms with Crippen LogP contribution in [0.4, 0.5) is 23.0 Å². The van der Waals surface area contributed by atoms with E-state index in [9.17, 15) is 9.59 Å². The van der Waals surface area contributed by atoms with Gasteiger partial charge in [-0.05, 0) is 82.9 Å². The fourth-order valence-corrected chi connectivity index (χ4v) is 7.83. The molecule has 7 aromatic carbocycles. The zero-order valence-corrected chi connectivity index (χ0v) is 28.5. The Labute approximate surface area is 299 Å². The van der Waals surface area contributed by atoms with E-state index < -0.39 is 0 Å². The molecule has 0 spiro atoms. The third kappa shape index (κ3) is 4.37. The zero-order chi connectivity index (χ0) is 35.1. The van der Waals surface area contributed by atoms with Crippen LogP contribution in [-0.2, 0) is 0 Å². The second-order valence-electron chi connectivity index (χ2n) is 13.4. The Morgan fingerprint density at radius 1 is 0.481 bits per heavy atom. The van der Waals surface area contributed by atoms with Gasteiger partial charge in [0.25, 0.3) is 0 Å². The topological polar surface area (TPSA) is 66.4 Å². The number of aromatic nitrogens is 2. The first-order valence-electron chi connectivity index (χ1n) is 17.3. The van der Waals surface area contributed by atoms with E-state index in [1.165, 1.54) is 0 Å². The van der Waals surface area contributed by atoms with Gasteiger partial charge in [-0.25, -0.2) is 9.97 Å². The minimum absolute atomic E-state index is 0.129. The molecule has 2 aliphatic rings. The van der Waals surface area contributed by atoms with Crippen molar-refractivity contribution in [2.45, 2.75) is 13.8 Å². The molecule has 0 atom stereocenters. The van der Waals surface area contributed by atoms with Crippen molar-refractivity contribution in [2.75, 3.05) is 9.80 Å². The number of ketones is 2. The number of Topliss-reactive ketones (excluding diaryl/α,β-unsaturated/α-hetero) is 2. The third-order valence-corrected chi connectivity index (χ3v) is 10.3. The third-order valence-electron chi connectivity index (χ3n) is 10.3. The summed E-state index contributed by atoms with van der Waals surface area (Å²) in [6.07, 6.45) is 3.59. The Hall–Kier alpha value is -6.92. The maximum absolute atomic E-state index is 14.0. The molecule has 0 saturated carbocycles. The molecule has 0 fully saturated rings. The van der Waals surface area contributed by atoms with Crippen molar-refractivity contribution in [1.82, 2.24) is 9.97 Å². The molecule has 1 aliphatic carbocycles. The first-order valence-corrected chi connectivity index (χ1v) is 17.3. The molecule has 0 N–H and O–H groups in total. The number of rotatable bonds is 3. The zero-order valence-electron chi connectivity index (χ0n) is 28.5. The minimum Gasteiger partial charge on any atom is -0.288 e. The first-order chi connectivity index (χ1) is 25.5. The van der Waals surface area contributed by atoms with Gasteiger partial charge in [-0.2, -0.15) is 0 Å². The minimum atomic E-state index is -0.277. The quantitative estimate of drug-likeness (QED) is 0.138. The van der Waals surface area contributed by atoms with Gasteiger partial charge in [0.2, 0.25) is 0 Å². The lowest BCUT2D eigenvalue weighted by Crippen LogP contribution is -2.23. The summed E-state index contributed by atoms with van der Waals surface area (Å²) in [4.78, 5) is 42.9. The van der Waals surface area contributed by atoms with Crippen molar-refractivity contribution in [3.63, 3.8) is 0 Å². The summed E-state index contributed by atoms with van der Waals surface area (Å²) in [5, 5.41) is 6.11. The summed E-state index contributed by atoms with van der Waals surface area (Å²) in [7, 11) is 0. The monoisotopic (exact) mass is 670 g/mol. The molecule has 2 heterocycles. The van der Waals surface area contributed by atoms with Crippen LogP contribution < -0.4 is 9.80 Å². The molecule has 0 amide bonds. The average molecular weight is 671 g/mol. The summed E-state index contributed by atoms with van der Waals surface area (Å²) in [6, 6.07) is 44.5. The van der Waals surface area contributed by atoms with E-state index in [0.29, 0.717) is 28.6 Å². The Morgan fingerprint density at radius 2 is 0.904 bits per heavy atom. The second kappa shape index (κ2) is 11.3. The number of para-hydroxylation sites is 2. The molecule has 8 aromatic rings. The highest BCUT2D eigenvalue weighted by molar-refractivity contribution is 6.40. The number of nitrogens with zero attached hydrogens (tertiary/aromatic N) is 4. The number of carbonyl (C=O) groups excluding carboxylic acids is 2. The first kappa shape index (κ1) is 29.9. The second-order valence-corrected chi connectivity index (χ2v) is 13.4. The number of carbonyl (C=O) groups is 2. The average Bonchev–Trinajstić information content (AvgIpc) is 3.59. The number of hydrogen-bond donors (Lipinski definition) is 0. The van der Waals surface area contributed by atoms with E-state index in [4.69, 9.17) is 9.97 Å². The van der Waals surface area contributed by atoms with Gasteiger partial charge in [0, 0.05) is 21.9 Å². The Kier molecular flexibility index (Phi) is 6.51. The molecule has 0 radical (unpaired) electrons. The van der Waals surface area contributed by atoms with E-state index in [1.807, 2.05) is 91.0 Å². The number of hydrogen-bond acceptors (Lipinski definition) is 6. The van der Waals surface area contributed by atoms with Crippen LogP contribution in [0.25, 0.3) is 43.4 Å². The lowest BCUT2D eigenvalue weighted by atomic mass is 10.0. The summed E-state index contributed by atoms with van der Waals surface area (Å²) in [5.41, 5.74) is 6.51. The van der Waals surface area contributed by atoms with Crippen molar-refractivity contribution in [3.05, 3.63) is 179 Å². The van der Waals surface area contributed by atoms with Crippen LogP contribution in [0.15, 0.2) is 157 Å². The fourth-order valence-electron chi connectivity index (χ4n) is 7.83. The van der Waals surface area contributed by atoms with Crippen molar-refractivity contribution in [2.24, 2.45) is 0 Å². The van der Waals surface area contributed by atoms with Crippen LogP contribution in [0, 0.1) is 13.8 Å². The molecule has 0 saturated heterocycles. The summed E-state index contributed by atoms with van der Waals surface area (Å²) in [5.74, 6) is 1.47. The van der Waals surface area contributed by atoms with Crippen molar-refractivity contribution in [3.8, 4) is 0 Å². The van der Waals surface area contributed by atoms with Crippen LogP contribution in [0.1, 0.15) is 31.8 Å². The van der Waals surface area contributed by atoms with Gasteiger partial charge in [0.05, 0.1) is 28.0 Å². The van der Waals surface area contributed by atoms with Gasteiger partial charge >= 0.3 is 0 Å². The molecule has 0 bridgehead atoms. The maximum atomic E-state index is 14.0. The Morgan fingerprint density at radius 3 is 1.38 bits per heavy atom. The molecule has 1 aliphatic heterocycles. The van der Waals surface area contributed by atoms with Gasteiger partial charge in [0.15, 0.2) is 23.2 Å². The maximum Gasteiger partial charge on any atom is 0.197 e. The predicted octanol–water partition coefficient (Wildman–Crippen LogP) is 10.8. The molecular weight excluding hydrogens is 641 g/mol. The molecule has 10 rings (SSSR count). The highest BCUT2D eigenvalue weighted by atomic mass is 16.2. The number of allylic oxidation sites excluding steroid dienone is 3. The van der Waals surface area contributed by atoms with E-state index in [1.54, 1.807) is 6.08 Å². The molecule has 6 nitrogen and oxygen atoms in total. The molecule has 52 heavy (non-hydrogen) atoms. The lowest BCUT2D eigenvalue weighted by molar-refractivity contribution is 0.0988. The Balaban J connectivity index is 1.29. The van der Waals surface area contributed by atoms with Crippen LogP contribution in [0.2, 0.25) is 0 Å². The standard InChI is InChI=1S/C46H30N4O2/c1-27-19-21-29-11-5-7-15-33(29)41(27)49-40(24-23-35-43(51)36-25-31-13-3-4-14-32(31)26-37(36)44(35)52)50(42-28(2)20-22-30-12-6-8-16-34(30)42)46-45(49)47-38-17-9-10-18-39(38)48-46/h3-26H,1-2H3. The number of benzene rings is 7. The molecule has 246 valence electrons. The predicted molar refractivity (Wildman–Crippen MR) is 210 cm³/mol. The van der Waals surface area contributed by atoms with Crippen molar-refractivity contribution < 1.29 is 9.59 Å². The normalized spacial score (nSPS) is 13.9. The van der Waals surface area contributed by atoms with Crippen LogP contribution in [0.3, 0.4) is 0 Å². The van der Waals surface area contributed by atoms with E-state index in [-0.39, 0.29) is 17.1 Å². The SMILES string of the molecule is Cc1ccc2ccccc2c1N1C(=CC=C2C(=O)c3cc4ccccc4cc3C2=O)N(c2c(C)ccc3ccccc23)c2nc3ccccc3nc21. The van der Waals surface area contributed by atoms with Crippen LogP contribution in [0.5, 0.6) is 0 Å². The van der Waals surface area contributed by atoms with Gasteiger partial charge in [-0.15, -0.1) is 0 Å². The molecule has 1 aromatic heterocycles. The molecular formula is C46H30N4O2. The van der Waals surface area contributed by atoms with Gasteiger partial charge < -0.3 is 0 Å².